The number of aryl methyl sites for hydroxylation is 1. The van der Waals surface area contributed by atoms with Gasteiger partial charge in [-0.15, -0.1) is 0 Å². The van der Waals surface area contributed by atoms with Crippen molar-refractivity contribution in [2.75, 3.05) is 0 Å². The summed E-state index contributed by atoms with van der Waals surface area (Å²) in [6.45, 7) is 2.04. The Bertz CT molecular complexity index is 5910. The first-order valence-corrected chi connectivity index (χ1v) is 32.2. The van der Waals surface area contributed by atoms with Crippen LogP contribution in [0, 0.1) is 29.6 Å². The maximum atomic E-state index is 12.4. The predicted molar refractivity (Wildman–Crippen MR) is 392 cm³/mol. The van der Waals surface area contributed by atoms with Crippen molar-refractivity contribution in [3.63, 3.8) is 0 Å². The second-order valence-corrected chi connectivity index (χ2v) is 25.2. The summed E-state index contributed by atoms with van der Waals surface area (Å²) >= 11 is 0. The average molecular weight is 1210 g/mol. The number of rotatable bonds is 7. The summed E-state index contributed by atoms with van der Waals surface area (Å²) in [6.07, 6.45) is 0. The fourth-order valence-corrected chi connectivity index (χ4v) is 16.1. The van der Waals surface area contributed by atoms with Crippen molar-refractivity contribution in [3.8, 4) is 57.4 Å². The molecule has 8 heteroatoms. The van der Waals surface area contributed by atoms with Crippen molar-refractivity contribution in [1.29, 1.82) is 10.5 Å². The first-order valence-electron chi connectivity index (χ1n) is 32.2. The minimum Gasteiger partial charge on any atom is -0.309 e. The van der Waals surface area contributed by atoms with E-state index in [9.17, 15) is 10.5 Å². The van der Waals surface area contributed by atoms with Crippen LogP contribution in [0.1, 0.15) is 16.7 Å². The fraction of sp³-hybridized carbons (Fsp3) is 0.0115. The highest BCUT2D eigenvalue weighted by molar-refractivity contribution is 6.17. The number of nitriles is 2. The van der Waals surface area contributed by atoms with Gasteiger partial charge in [0.05, 0.1) is 89.2 Å². The zero-order valence-corrected chi connectivity index (χ0v) is 51.4. The highest BCUT2D eigenvalue weighted by atomic mass is 15.1. The summed E-state index contributed by atoms with van der Waals surface area (Å²) in [5, 5.41) is 36.7. The molecule has 0 aliphatic carbocycles. The van der Waals surface area contributed by atoms with Gasteiger partial charge in [0.15, 0.2) is 0 Å². The summed E-state index contributed by atoms with van der Waals surface area (Å²) in [4.78, 5) is 0. The summed E-state index contributed by atoms with van der Waals surface area (Å²) in [6, 6.07) is 112. The van der Waals surface area contributed by atoms with Crippen LogP contribution < -0.4 is 0 Å². The molecule has 0 fully saturated rings. The van der Waals surface area contributed by atoms with E-state index in [0.29, 0.717) is 22.5 Å². The van der Waals surface area contributed by atoms with Gasteiger partial charge in [0.25, 0.3) is 0 Å². The van der Waals surface area contributed by atoms with Gasteiger partial charge in [-0.25, -0.2) is 0 Å². The van der Waals surface area contributed by atoms with Gasteiger partial charge < -0.3 is 27.4 Å². The molecule has 0 saturated carbocycles. The molecule has 6 aromatic heterocycles. The highest BCUT2D eigenvalue weighted by Gasteiger charge is 2.27. The van der Waals surface area contributed by atoms with E-state index in [1.807, 2.05) is 19.1 Å². The molecule has 0 amide bonds. The van der Waals surface area contributed by atoms with E-state index < -0.39 is 0 Å². The molecule has 20 aromatic rings. The third-order valence-corrected chi connectivity index (χ3v) is 20.0. The van der Waals surface area contributed by atoms with Crippen molar-refractivity contribution in [2.45, 2.75) is 6.92 Å². The molecule has 0 saturated heterocycles. The minimum absolute atomic E-state index is 0.496. The van der Waals surface area contributed by atoms with Crippen molar-refractivity contribution in [3.05, 3.63) is 314 Å². The molecule has 0 N–H and O–H groups in total. The zero-order chi connectivity index (χ0) is 62.7. The van der Waals surface area contributed by atoms with Gasteiger partial charge in [0.1, 0.15) is 11.6 Å². The number of hydrogen-bond acceptors (Lipinski definition) is 2. The first kappa shape index (κ1) is 52.6. The van der Waals surface area contributed by atoms with Crippen LogP contribution in [0.3, 0.4) is 0 Å². The van der Waals surface area contributed by atoms with Gasteiger partial charge in [-0.1, -0.05) is 152 Å². The van der Waals surface area contributed by atoms with Gasteiger partial charge in [0.2, 0.25) is 0 Å². The molecule has 0 unspecified atom stereocenters. The van der Waals surface area contributed by atoms with Crippen molar-refractivity contribution in [2.24, 2.45) is 0 Å². The van der Waals surface area contributed by atoms with E-state index in [4.69, 9.17) is 0 Å². The molecular formula is C87H52N8. The molecule has 8 nitrogen and oxygen atoms in total. The van der Waals surface area contributed by atoms with Gasteiger partial charge in [-0.2, -0.15) is 10.5 Å². The average Bonchev–Trinajstić information content (AvgIpc) is 1.57. The highest BCUT2D eigenvalue weighted by Crippen LogP contribution is 2.46. The van der Waals surface area contributed by atoms with Crippen molar-refractivity contribution < 1.29 is 0 Å². The molecular weight excluding hydrogens is 1160 g/mol. The first-order chi connectivity index (χ1) is 47.0. The van der Waals surface area contributed by atoms with Gasteiger partial charge in [0, 0.05) is 87.4 Å². The monoisotopic (exact) mass is 1210 g/mol. The molecule has 0 aliphatic heterocycles. The van der Waals surface area contributed by atoms with Crippen molar-refractivity contribution in [1.82, 2.24) is 27.4 Å². The Hall–Kier alpha value is -13.1. The van der Waals surface area contributed by atoms with Crippen LogP contribution in [0.4, 0.5) is 0 Å². The Labute approximate surface area is 543 Å². The Balaban J connectivity index is 0.901. The van der Waals surface area contributed by atoms with Crippen LogP contribution in [0.25, 0.3) is 176 Å². The summed E-state index contributed by atoms with van der Waals surface area (Å²) < 4.78 is 14.2. The van der Waals surface area contributed by atoms with E-state index in [-0.39, 0.29) is 0 Å². The standard InChI is InChI=1S/C87H52N8/c1-53-42-54(51-88)44-55(43-53)56-45-86(94-82-38-34-57(90-74-26-10-2-18-61(74)62-19-3-11-27-75(62)90)47-69(82)70-48-58(35-39-83(70)94)91-76-28-12-4-20-63(76)64-21-5-13-29-77(64)91)73(52-89)87(46-56)95-84-40-36-59(92-78-30-14-6-22-65(78)66-23-7-15-31-79(66)92)49-71(84)72-50-60(37-41-85(72)95)93-80-32-16-8-24-67(80)68-25-9-17-33-81(68)93/h2-50H,1H3. The van der Waals surface area contributed by atoms with Crippen molar-refractivity contribution >= 4 is 131 Å². The van der Waals surface area contributed by atoms with Gasteiger partial charge in [-0.3, -0.25) is 0 Å². The van der Waals surface area contributed by atoms with E-state index in [1.54, 1.807) is 0 Å². The molecule has 0 spiro atoms. The number of hydrogen-bond donors (Lipinski definition) is 0. The molecule has 0 bridgehead atoms. The zero-order valence-electron chi connectivity index (χ0n) is 51.4. The number of para-hydroxylation sites is 8. The van der Waals surface area contributed by atoms with Crippen LogP contribution in [0.2, 0.25) is 0 Å². The minimum atomic E-state index is 0.496. The van der Waals surface area contributed by atoms with E-state index in [2.05, 4.69) is 325 Å². The molecule has 0 aliphatic rings. The summed E-state index contributed by atoms with van der Waals surface area (Å²) in [5.74, 6) is 0. The normalized spacial score (nSPS) is 12.0. The summed E-state index contributed by atoms with van der Waals surface area (Å²) in [5.41, 5.74) is 22.1. The molecule has 20 rings (SSSR count). The Morgan fingerprint density at radius 1 is 0.221 bits per heavy atom. The number of fused-ring (bicyclic) bond motifs is 18. The second kappa shape index (κ2) is 19.9. The van der Waals surface area contributed by atoms with Crippen LogP contribution in [0.15, 0.2) is 297 Å². The molecule has 6 heterocycles. The molecule has 0 atom stereocenters. The smallest absolute Gasteiger partial charge is 0.104 e. The predicted octanol–water partition coefficient (Wildman–Crippen LogP) is 22.0. The number of benzene rings is 14. The second-order valence-electron chi connectivity index (χ2n) is 25.2. The quantitative estimate of drug-likeness (QED) is 0.159. The van der Waals surface area contributed by atoms with Gasteiger partial charge in [-0.05, 0) is 169 Å². The van der Waals surface area contributed by atoms with E-state index in [1.165, 1.54) is 43.1 Å². The number of nitrogens with zero attached hydrogens (tertiary/aromatic N) is 8. The fourth-order valence-electron chi connectivity index (χ4n) is 16.1. The summed E-state index contributed by atoms with van der Waals surface area (Å²) in [7, 11) is 0. The van der Waals surface area contributed by atoms with Crippen LogP contribution in [0.5, 0.6) is 0 Å². The lowest BCUT2D eigenvalue weighted by molar-refractivity contribution is 1.11. The lowest BCUT2D eigenvalue weighted by Crippen LogP contribution is -2.06. The molecule has 95 heavy (non-hydrogen) atoms. The Kier molecular flexibility index (Phi) is 11.0. The Morgan fingerprint density at radius 3 is 0.716 bits per heavy atom. The van der Waals surface area contributed by atoms with Crippen LogP contribution >= 0.6 is 0 Å². The Morgan fingerprint density at radius 2 is 0.463 bits per heavy atom. The number of aromatic nitrogens is 6. The van der Waals surface area contributed by atoms with E-state index >= 15 is 0 Å². The lowest BCUT2D eigenvalue weighted by atomic mass is 9.97. The molecule has 0 radical (unpaired) electrons. The molecule has 440 valence electrons. The lowest BCUT2D eigenvalue weighted by Gasteiger charge is -2.19. The van der Waals surface area contributed by atoms with Crippen LogP contribution in [-0.4, -0.2) is 27.4 Å². The molecule has 14 aromatic carbocycles. The largest absolute Gasteiger partial charge is 0.309 e. The maximum absolute atomic E-state index is 12.4. The van der Waals surface area contributed by atoms with E-state index in [0.717, 1.165) is 127 Å². The van der Waals surface area contributed by atoms with Crippen LogP contribution in [-0.2, 0) is 0 Å². The topological polar surface area (TPSA) is 77.2 Å². The third kappa shape index (κ3) is 7.50. The maximum Gasteiger partial charge on any atom is 0.104 e. The van der Waals surface area contributed by atoms with Gasteiger partial charge >= 0.3 is 0 Å². The SMILES string of the molecule is Cc1cc(C#N)cc(-c2cc(-n3c4ccc(-n5c6ccccc6c6ccccc65)cc4c4cc(-n5c6ccccc6c6ccccc65)ccc43)c(C#N)c(-n3c4ccc(-n5c6ccccc6c6ccccc65)cc4c4cc(-n5c6ccccc6c6ccccc65)ccc43)c2)c1. The third-order valence-electron chi connectivity index (χ3n) is 20.0.